The van der Waals surface area contributed by atoms with Crippen LogP contribution in [0.5, 0.6) is 5.75 Å². The van der Waals surface area contributed by atoms with Gasteiger partial charge in [0.1, 0.15) is 11.6 Å². The molecule has 0 aliphatic rings. The van der Waals surface area contributed by atoms with Gasteiger partial charge in [0.2, 0.25) is 0 Å². The minimum atomic E-state index is -1.01. The first-order valence-corrected chi connectivity index (χ1v) is 10.8. The van der Waals surface area contributed by atoms with Gasteiger partial charge in [0.15, 0.2) is 6.61 Å². The molecule has 10 heteroatoms. The van der Waals surface area contributed by atoms with E-state index < -0.39 is 17.6 Å². The third-order valence-corrected chi connectivity index (χ3v) is 4.91. The summed E-state index contributed by atoms with van der Waals surface area (Å²) in [5, 5.41) is 8.87. The Hall–Kier alpha value is -4.05. The number of halogens is 2. The number of hydrazone groups is 1. The Kier molecular flexibility index (Phi) is 8.47. The average molecular weight is 527 g/mol. The first-order valence-electron chi connectivity index (χ1n) is 9.99. The number of ether oxygens (including phenoxy) is 1. The highest BCUT2D eigenvalue weighted by molar-refractivity contribution is 9.10. The maximum absolute atomic E-state index is 12.9. The Morgan fingerprint density at radius 3 is 2.47 bits per heavy atom. The summed E-state index contributed by atoms with van der Waals surface area (Å²) in [5.74, 6) is -2.42. The molecular formula is C24H20BrFN4O4. The van der Waals surface area contributed by atoms with Crippen molar-refractivity contribution >= 4 is 51.2 Å². The van der Waals surface area contributed by atoms with E-state index in [0.717, 1.165) is 22.2 Å². The van der Waals surface area contributed by atoms with Gasteiger partial charge in [-0.2, -0.15) is 5.10 Å². The number of amides is 3. The first-order chi connectivity index (χ1) is 16.3. The molecule has 0 aliphatic heterocycles. The SMILES string of the molecule is Cc1cc(Br)ccc1NC(=O)COc1ccccc1/C=N\NC(=O)C(=O)Nc1ccc(F)cc1. The van der Waals surface area contributed by atoms with Crippen LogP contribution in [0.4, 0.5) is 15.8 Å². The molecular weight excluding hydrogens is 507 g/mol. The van der Waals surface area contributed by atoms with Crippen LogP contribution < -0.4 is 20.8 Å². The van der Waals surface area contributed by atoms with E-state index in [1.165, 1.54) is 18.3 Å². The lowest BCUT2D eigenvalue weighted by molar-refractivity contribution is -0.136. The zero-order valence-electron chi connectivity index (χ0n) is 18.0. The number of carbonyl (C=O) groups is 3. The molecule has 8 nitrogen and oxygen atoms in total. The van der Waals surface area contributed by atoms with E-state index >= 15 is 0 Å². The third-order valence-electron chi connectivity index (χ3n) is 4.42. The van der Waals surface area contributed by atoms with Crippen LogP contribution in [0.15, 0.2) is 76.3 Å². The van der Waals surface area contributed by atoms with Crippen LogP contribution in [0, 0.1) is 12.7 Å². The molecule has 3 aromatic rings. The van der Waals surface area contributed by atoms with E-state index in [1.807, 2.05) is 19.1 Å². The van der Waals surface area contributed by atoms with Crippen LogP contribution >= 0.6 is 15.9 Å². The van der Waals surface area contributed by atoms with Gasteiger partial charge in [-0.05, 0) is 67.1 Å². The van der Waals surface area contributed by atoms with Crippen molar-refractivity contribution in [3.05, 3.63) is 88.1 Å². The topological polar surface area (TPSA) is 109 Å². The zero-order valence-corrected chi connectivity index (χ0v) is 19.6. The Balaban J connectivity index is 1.53. The lowest BCUT2D eigenvalue weighted by Crippen LogP contribution is -2.32. The average Bonchev–Trinajstić information content (AvgIpc) is 2.81. The number of nitrogens with one attached hydrogen (secondary N) is 3. The molecule has 0 unspecified atom stereocenters. The Morgan fingerprint density at radius 1 is 1.00 bits per heavy atom. The molecule has 3 aromatic carbocycles. The molecule has 0 aromatic heterocycles. The lowest BCUT2D eigenvalue weighted by atomic mass is 10.2. The summed E-state index contributed by atoms with van der Waals surface area (Å²) in [5.41, 5.74) is 4.42. The van der Waals surface area contributed by atoms with Crippen molar-refractivity contribution in [2.24, 2.45) is 5.10 Å². The molecule has 0 saturated carbocycles. The van der Waals surface area contributed by atoms with E-state index in [-0.39, 0.29) is 18.2 Å². The largest absolute Gasteiger partial charge is 0.483 e. The fourth-order valence-corrected chi connectivity index (χ4v) is 3.22. The smallest absolute Gasteiger partial charge is 0.329 e. The minimum absolute atomic E-state index is 0.243. The second-order valence-electron chi connectivity index (χ2n) is 6.99. The summed E-state index contributed by atoms with van der Waals surface area (Å²) in [4.78, 5) is 36.1. The van der Waals surface area contributed by atoms with E-state index in [0.29, 0.717) is 17.0 Å². The summed E-state index contributed by atoms with van der Waals surface area (Å²) in [7, 11) is 0. The maximum Gasteiger partial charge on any atom is 0.329 e. The molecule has 0 saturated heterocycles. The molecule has 34 heavy (non-hydrogen) atoms. The highest BCUT2D eigenvalue weighted by Gasteiger charge is 2.13. The van der Waals surface area contributed by atoms with Crippen molar-refractivity contribution in [3.8, 4) is 5.75 Å². The van der Waals surface area contributed by atoms with Gasteiger partial charge >= 0.3 is 11.8 Å². The molecule has 0 bridgehead atoms. The third kappa shape index (κ3) is 7.24. The zero-order chi connectivity index (χ0) is 24.5. The number of benzene rings is 3. The molecule has 0 radical (unpaired) electrons. The van der Waals surface area contributed by atoms with Crippen LogP contribution in [0.3, 0.4) is 0 Å². The van der Waals surface area contributed by atoms with Crippen molar-refractivity contribution in [3.63, 3.8) is 0 Å². The summed E-state index contributed by atoms with van der Waals surface area (Å²) in [6.07, 6.45) is 1.29. The van der Waals surface area contributed by atoms with Crippen LogP contribution in [-0.4, -0.2) is 30.5 Å². The maximum atomic E-state index is 12.9. The van der Waals surface area contributed by atoms with Crippen molar-refractivity contribution in [1.29, 1.82) is 0 Å². The van der Waals surface area contributed by atoms with Crippen LogP contribution in [0.25, 0.3) is 0 Å². The van der Waals surface area contributed by atoms with E-state index in [2.05, 4.69) is 37.1 Å². The molecule has 0 aliphatic carbocycles. The summed E-state index contributed by atoms with van der Waals surface area (Å²) < 4.78 is 19.4. The standard InChI is InChI=1S/C24H20BrFN4O4/c1-15-12-17(25)6-11-20(15)29-22(31)14-34-21-5-3-2-4-16(21)13-27-30-24(33)23(32)28-19-9-7-18(26)8-10-19/h2-13H,14H2,1H3,(H,28,32)(H,29,31)(H,30,33)/b27-13-. The molecule has 0 atom stereocenters. The molecule has 3 amide bonds. The summed E-state index contributed by atoms with van der Waals surface area (Å²) >= 11 is 3.38. The number of para-hydroxylation sites is 1. The molecule has 174 valence electrons. The van der Waals surface area contributed by atoms with Gasteiger partial charge < -0.3 is 15.4 Å². The predicted octanol–water partition coefficient (Wildman–Crippen LogP) is 4.00. The second-order valence-corrected chi connectivity index (χ2v) is 7.91. The predicted molar refractivity (Wildman–Crippen MR) is 130 cm³/mol. The fourth-order valence-electron chi connectivity index (χ4n) is 2.75. The van der Waals surface area contributed by atoms with Crippen molar-refractivity contribution < 1.29 is 23.5 Å². The molecule has 0 fully saturated rings. The number of carbonyl (C=O) groups excluding carboxylic acids is 3. The van der Waals surface area contributed by atoms with E-state index in [9.17, 15) is 18.8 Å². The monoisotopic (exact) mass is 526 g/mol. The fraction of sp³-hybridized carbons (Fsp3) is 0.0833. The van der Waals surface area contributed by atoms with Gasteiger partial charge in [0.05, 0.1) is 6.21 Å². The number of hydrogen-bond donors (Lipinski definition) is 3. The van der Waals surface area contributed by atoms with Gasteiger partial charge in [-0.25, -0.2) is 9.82 Å². The molecule has 0 spiro atoms. The van der Waals surface area contributed by atoms with Gasteiger partial charge in [0, 0.05) is 21.4 Å². The number of hydrogen-bond acceptors (Lipinski definition) is 5. The Morgan fingerprint density at radius 2 is 1.74 bits per heavy atom. The van der Waals surface area contributed by atoms with E-state index in [1.54, 1.807) is 30.3 Å². The number of anilines is 2. The highest BCUT2D eigenvalue weighted by atomic mass is 79.9. The summed E-state index contributed by atoms with van der Waals surface area (Å²) in [6, 6.07) is 17.2. The highest BCUT2D eigenvalue weighted by Crippen LogP contribution is 2.20. The number of rotatable bonds is 7. The number of nitrogens with zero attached hydrogens (tertiary/aromatic N) is 1. The summed E-state index contributed by atoms with van der Waals surface area (Å²) in [6.45, 7) is 1.63. The Labute approximate surface area is 203 Å². The van der Waals surface area contributed by atoms with Crippen molar-refractivity contribution in [1.82, 2.24) is 5.43 Å². The van der Waals surface area contributed by atoms with E-state index in [4.69, 9.17) is 4.74 Å². The normalized spacial score (nSPS) is 10.6. The van der Waals surface area contributed by atoms with Crippen LogP contribution in [0.2, 0.25) is 0 Å². The lowest BCUT2D eigenvalue weighted by Gasteiger charge is -2.11. The number of aryl methyl sites for hydroxylation is 1. The minimum Gasteiger partial charge on any atom is -0.483 e. The van der Waals surface area contributed by atoms with Crippen LogP contribution in [-0.2, 0) is 14.4 Å². The molecule has 3 N–H and O–H groups in total. The van der Waals surface area contributed by atoms with Gasteiger partial charge in [-0.15, -0.1) is 0 Å². The second kappa shape index (κ2) is 11.7. The van der Waals surface area contributed by atoms with Crippen molar-refractivity contribution in [2.45, 2.75) is 6.92 Å². The first kappa shape index (κ1) is 24.6. The van der Waals surface area contributed by atoms with Crippen LogP contribution in [0.1, 0.15) is 11.1 Å². The van der Waals surface area contributed by atoms with Gasteiger partial charge in [-0.3, -0.25) is 14.4 Å². The molecule has 0 heterocycles. The van der Waals surface area contributed by atoms with Gasteiger partial charge in [0.25, 0.3) is 5.91 Å². The molecule has 3 rings (SSSR count). The Bertz CT molecular complexity index is 1230. The quantitative estimate of drug-likeness (QED) is 0.245. The van der Waals surface area contributed by atoms with Crippen molar-refractivity contribution in [2.75, 3.05) is 17.2 Å². The van der Waals surface area contributed by atoms with Gasteiger partial charge in [-0.1, -0.05) is 28.1 Å².